The van der Waals surface area contributed by atoms with Gasteiger partial charge in [-0.05, 0) is 18.2 Å². The van der Waals surface area contributed by atoms with Crippen LogP contribution in [0, 0.1) is 5.82 Å². The van der Waals surface area contributed by atoms with Gasteiger partial charge in [0.1, 0.15) is 11.0 Å². The van der Waals surface area contributed by atoms with Crippen LogP contribution in [0.1, 0.15) is 10.4 Å². The predicted molar refractivity (Wildman–Crippen MR) is 79.1 cm³/mol. The number of hydrogen-bond donors (Lipinski definition) is 0. The average molecular weight is 343 g/mol. The van der Waals surface area contributed by atoms with E-state index in [-0.39, 0.29) is 26.8 Å². The highest BCUT2D eigenvalue weighted by molar-refractivity contribution is 7.17. The lowest BCUT2D eigenvalue weighted by atomic mass is 10.2. The summed E-state index contributed by atoms with van der Waals surface area (Å²) in [4.78, 5) is 20.1. The molecule has 1 aliphatic heterocycles. The Labute approximate surface area is 132 Å². The van der Waals surface area contributed by atoms with Gasteiger partial charge in [0.05, 0.1) is 10.4 Å². The van der Waals surface area contributed by atoms with Gasteiger partial charge in [-0.25, -0.2) is 19.2 Å². The van der Waals surface area contributed by atoms with Crippen LogP contribution in [0.4, 0.5) is 4.39 Å². The number of ether oxygens (including phenoxy) is 1. The second kappa shape index (κ2) is 5.55. The zero-order valence-electron chi connectivity index (χ0n) is 10.1. The molecule has 8 heteroatoms. The molecule has 1 aliphatic rings. The number of hydrogen-bond acceptors (Lipinski definition) is 5. The van der Waals surface area contributed by atoms with Gasteiger partial charge in [0, 0.05) is 0 Å². The van der Waals surface area contributed by atoms with E-state index < -0.39 is 11.8 Å². The molecule has 0 radical (unpaired) electrons. The first-order valence-electron chi connectivity index (χ1n) is 5.64. The zero-order chi connectivity index (χ0) is 15.0. The molecular weight excluding hydrogens is 338 g/mol. The smallest absolute Gasteiger partial charge is 0.363 e. The summed E-state index contributed by atoms with van der Waals surface area (Å²) in [5.74, 6) is -1.30. The second-order valence-electron chi connectivity index (χ2n) is 3.94. The first kappa shape index (κ1) is 14.2. The Morgan fingerprint density at radius 1 is 1.29 bits per heavy atom. The van der Waals surface area contributed by atoms with Crippen molar-refractivity contribution in [3.8, 4) is 0 Å². The van der Waals surface area contributed by atoms with Crippen molar-refractivity contribution in [2.24, 2.45) is 4.99 Å². The summed E-state index contributed by atoms with van der Waals surface area (Å²) in [6.07, 6.45) is 1.40. The standard InChI is InChI=1S/C13H5Cl2FN2O2S/c14-10-9(21-13(15)18-10)5-8-12(19)20-11(17-8)6-3-1-2-4-7(6)16/h1-5H/b8-5+. The molecule has 2 aromatic rings. The number of benzene rings is 1. The predicted octanol–water partition coefficient (Wildman–Crippen LogP) is 3.93. The Kier molecular flexibility index (Phi) is 3.75. The lowest BCUT2D eigenvalue weighted by Gasteiger charge is -1.99. The van der Waals surface area contributed by atoms with Crippen molar-refractivity contribution >= 4 is 52.5 Å². The summed E-state index contributed by atoms with van der Waals surface area (Å²) in [5.41, 5.74) is 0.123. The topological polar surface area (TPSA) is 51.5 Å². The van der Waals surface area contributed by atoms with Gasteiger partial charge in [0.25, 0.3) is 0 Å². The Hall–Kier alpha value is -1.76. The van der Waals surface area contributed by atoms with Gasteiger partial charge in [-0.3, -0.25) is 0 Å². The minimum Gasteiger partial charge on any atom is -0.402 e. The number of aliphatic imine (C=N–C) groups is 1. The molecule has 0 saturated carbocycles. The van der Waals surface area contributed by atoms with Gasteiger partial charge in [0.15, 0.2) is 10.2 Å². The van der Waals surface area contributed by atoms with Crippen LogP contribution in [0.3, 0.4) is 0 Å². The lowest BCUT2D eigenvalue weighted by molar-refractivity contribution is -0.129. The molecule has 0 atom stereocenters. The van der Waals surface area contributed by atoms with E-state index in [1.807, 2.05) is 0 Å². The van der Waals surface area contributed by atoms with Crippen LogP contribution in [0.25, 0.3) is 6.08 Å². The van der Waals surface area contributed by atoms with Gasteiger partial charge >= 0.3 is 5.97 Å². The average Bonchev–Trinajstić information content (AvgIpc) is 2.94. The van der Waals surface area contributed by atoms with E-state index in [4.69, 9.17) is 27.9 Å². The first-order valence-corrected chi connectivity index (χ1v) is 7.21. The molecular formula is C13H5Cl2FN2O2S. The summed E-state index contributed by atoms with van der Waals surface area (Å²) >= 11 is 12.7. The molecule has 21 heavy (non-hydrogen) atoms. The van der Waals surface area contributed by atoms with E-state index in [0.717, 1.165) is 11.3 Å². The summed E-state index contributed by atoms with van der Waals surface area (Å²) in [6.45, 7) is 0. The van der Waals surface area contributed by atoms with Crippen LogP contribution in [0.2, 0.25) is 9.62 Å². The summed E-state index contributed by atoms with van der Waals surface area (Å²) < 4.78 is 18.9. The third-order valence-electron chi connectivity index (χ3n) is 2.58. The van der Waals surface area contributed by atoms with Crippen molar-refractivity contribution in [3.05, 3.63) is 55.8 Å². The molecule has 0 N–H and O–H groups in total. The fraction of sp³-hybridized carbons (Fsp3) is 0. The van der Waals surface area contributed by atoms with E-state index in [1.54, 1.807) is 6.07 Å². The highest BCUT2D eigenvalue weighted by Gasteiger charge is 2.26. The molecule has 1 aromatic carbocycles. The maximum absolute atomic E-state index is 13.7. The number of carbonyl (C=O) groups excluding carboxylic acids is 1. The van der Waals surface area contributed by atoms with Crippen molar-refractivity contribution in [1.82, 2.24) is 4.98 Å². The van der Waals surface area contributed by atoms with Gasteiger partial charge < -0.3 is 4.74 Å². The molecule has 1 aromatic heterocycles. The fourth-order valence-corrected chi connectivity index (χ4v) is 2.96. The number of esters is 1. The van der Waals surface area contributed by atoms with Gasteiger partial charge in [-0.15, -0.1) is 11.3 Å². The number of rotatable bonds is 2. The quantitative estimate of drug-likeness (QED) is 0.613. The first-order chi connectivity index (χ1) is 10.0. The van der Waals surface area contributed by atoms with Crippen molar-refractivity contribution in [2.75, 3.05) is 0 Å². The molecule has 2 heterocycles. The number of nitrogens with zero attached hydrogens (tertiary/aromatic N) is 2. The molecule has 0 aliphatic carbocycles. The minimum absolute atomic E-state index is 0.00969. The van der Waals surface area contributed by atoms with Gasteiger partial charge in [-0.2, -0.15) is 0 Å². The zero-order valence-corrected chi connectivity index (χ0v) is 12.5. The van der Waals surface area contributed by atoms with Crippen LogP contribution in [0.15, 0.2) is 35.0 Å². The number of halogens is 3. The molecule has 0 amide bonds. The molecule has 0 unspecified atom stereocenters. The second-order valence-corrected chi connectivity index (χ2v) is 5.91. The molecule has 0 saturated heterocycles. The normalized spacial score (nSPS) is 16.2. The van der Waals surface area contributed by atoms with Crippen molar-refractivity contribution in [2.45, 2.75) is 0 Å². The Morgan fingerprint density at radius 3 is 2.71 bits per heavy atom. The highest BCUT2D eigenvalue weighted by atomic mass is 35.5. The number of thiazole rings is 1. The summed E-state index contributed by atoms with van der Waals surface area (Å²) in [7, 11) is 0. The highest BCUT2D eigenvalue weighted by Crippen LogP contribution is 2.30. The summed E-state index contributed by atoms with van der Waals surface area (Å²) in [6, 6.07) is 5.89. The van der Waals surface area contributed by atoms with Crippen LogP contribution in [-0.4, -0.2) is 16.9 Å². The lowest BCUT2D eigenvalue weighted by Crippen LogP contribution is -2.07. The third-order valence-corrected chi connectivity index (χ3v) is 4.08. The maximum Gasteiger partial charge on any atom is 0.363 e. The van der Waals surface area contributed by atoms with Crippen LogP contribution >= 0.6 is 34.5 Å². The van der Waals surface area contributed by atoms with E-state index >= 15 is 0 Å². The maximum atomic E-state index is 13.7. The number of aromatic nitrogens is 1. The molecule has 3 rings (SSSR count). The van der Waals surface area contributed by atoms with Gasteiger partial charge in [-0.1, -0.05) is 35.3 Å². The number of carbonyl (C=O) groups is 1. The van der Waals surface area contributed by atoms with Gasteiger partial charge in [0.2, 0.25) is 5.90 Å². The van der Waals surface area contributed by atoms with Crippen molar-refractivity contribution in [3.63, 3.8) is 0 Å². The largest absolute Gasteiger partial charge is 0.402 e. The Morgan fingerprint density at radius 2 is 2.05 bits per heavy atom. The SMILES string of the molecule is O=C1OC(c2ccccc2F)=N/C1=C/c1sc(Cl)nc1Cl. The van der Waals surface area contributed by atoms with Crippen LogP contribution in [0.5, 0.6) is 0 Å². The van der Waals surface area contributed by atoms with E-state index in [2.05, 4.69) is 9.98 Å². The Bertz CT molecular complexity index is 801. The van der Waals surface area contributed by atoms with Crippen LogP contribution < -0.4 is 0 Å². The van der Waals surface area contributed by atoms with E-state index in [9.17, 15) is 9.18 Å². The number of cyclic esters (lactones) is 1. The minimum atomic E-state index is -0.686. The monoisotopic (exact) mass is 342 g/mol. The van der Waals surface area contributed by atoms with Crippen molar-refractivity contribution < 1.29 is 13.9 Å². The molecule has 0 fully saturated rings. The van der Waals surface area contributed by atoms with Crippen LogP contribution in [-0.2, 0) is 9.53 Å². The van der Waals surface area contributed by atoms with E-state index in [1.165, 1.54) is 24.3 Å². The third kappa shape index (κ3) is 2.83. The van der Waals surface area contributed by atoms with Crippen molar-refractivity contribution in [1.29, 1.82) is 0 Å². The molecule has 0 spiro atoms. The summed E-state index contributed by atoms with van der Waals surface area (Å²) in [5, 5.41) is 0.167. The fourth-order valence-electron chi connectivity index (χ4n) is 1.66. The van der Waals surface area contributed by atoms with E-state index in [0.29, 0.717) is 4.88 Å². The Balaban J connectivity index is 2.00. The molecule has 0 bridgehead atoms. The molecule has 4 nitrogen and oxygen atoms in total. The molecule has 106 valence electrons.